The maximum Gasteiger partial charge on any atom is 0.245 e. The van der Waals surface area contributed by atoms with Gasteiger partial charge in [-0.25, -0.2) is 0 Å². The van der Waals surface area contributed by atoms with Crippen LogP contribution in [0.2, 0.25) is 5.02 Å². The van der Waals surface area contributed by atoms with E-state index in [2.05, 4.69) is 21.2 Å². The number of benzene rings is 1. The summed E-state index contributed by atoms with van der Waals surface area (Å²) in [7, 11) is 0. The highest BCUT2D eigenvalue weighted by atomic mass is 79.9. The lowest BCUT2D eigenvalue weighted by atomic mass is 9.90. The summed E-state index contributed by atoms with van der Waals surface area (Å²) in [6, 6.07) is 5.38. The highest BCUT2D eigenvalue weighted by molar-refractivity contribution is 9.10. The fraction of sp³-hybridized carbons (Fsp3) is 0.417. The zero-order valence-electron chi connectivity index (χ0n) is 9.87. The molecule has 0 aromatic heterocycles. The van der Waals surface area contributed by atoms with Crippen molar-refractivity contribution in [1.29, 1.82) is 0 Å². The number of anilines is 1. The zero-order valence-corrected chi connectivity index (χ0v) is 12.2. The number of halogens is 2. The first kappa shape index (κ1) is 13.6. The number of rotatable bonds is 3. The van der Waals surface area contributed by atoms with Crippen LogP contribution in [0.1, 0.15) is 13.3 Å². The molecule has 1 fully saturated rings. The molecule has 1 aliphatic rings. The second kappa shape index (κ2) is 5.07. The van der Waals surface area contributed by atoms with Crippen molar-refractivity contribution < 1.29 is 9.53 Å². The molecule has 1 aromatic rings. The van der Waals surface area contributed by atoms with Gasteiger partial charge in [0.25, 0.3) is 0 Å². The molecule has 0 saturated carbocycles. The van der Waals surface area contributed by atoms with E-state index >= 15 is 0 Å². The van der Waals surface area contributed by atoms with Gasteiger partial charge < -0.3 is 15.8 Å². The molecule has 1 aromatic carbocycles. The SMILES string of the molecule is CC1OCCC1(Nc1ccc(Cl)c(Br)c1)C(N)=O. The van der Waals surface area contributed by atoms with Crippen LogP contribution in [0.4, 0.5) is 5.69 Å². The van der Waals surface area contributed by atoms with Crippen molar-refractivity contribution >= 4 is 39.1 Å². The van der Waals surface area contributed by atoms with Crippen LogP contribution < -0.4 is 11.1 Å². The lowest BCUT2D eigenvalue weighted by Gasteiger charge is -2.31. The van der Waals surface area contributed by atoms with Gasteiger partial charge in [-0.1, -0.05) is 11.6 Å². The van der Waals surface area contributed by atoms with Gasteiger partial charge in [0, 0.05) is 23.2 Å². The lowest BCUT2D eigenvalue weighted by Crippen LogP contribution is -2.55. The molecule has 18 heavy (non-hydrogen) atoms. The largest absolute Gasteiger partial charge is 0.375 e. The van der Waals surface area contributed by atoms with E-state index in [0.29, 0.717) is 18.1 Å². The first-order chi connectivity index (χ1) is 8.45. The van der Waals surface area contributed by atoms with Crippen molar-refractivity contribution in [3.8, 4) is 0 Å². The monoisotopic (exact) mass is 332 g/mol. The van der Waals surface area contributed by atoms with Gasteiger partial charge in [0.05, 0.1) is 11.1 Å². The predicted molar refractivity (Wildman–Crippen MR) is 74.7 cm³/mol. The molecule has 0 spiro atoms. The molecule has 4 nitrogen and oxygen atoms in total. The van der Waals surface area contributed by atoms with Crippen molar-refractivity contribution in [1.82, 2.24) is 0 Å². The molecule has 1 aliphatic heterocycles. The Morgan fingerprint density at radius 3 is 2.89 bits per heavy atom. The third-order valence-electron chi connectivity index (χ3n) is 3.28. The second-order valence-corrected chi connectivity index (χ2v) is 5.61. The van der Waals surface area contributed by atoms with Crippen LogP contribution in [0.25, 0.3) is 0 Å². The third kappa shape index (κ3) is 2.35. The summed E-state index contributed by atoms with van der Waals surface area (Å²) in [6.07, 6.45) is 0.300. The van der Waals surface area contributed by atoms with Gasteiger partial charge >= 0.3 is 0 Å². The molecule has 1 amide bonds. The summed E-state index contributed by atoms with van der Waals surface area (Å²) in [6.45, 7) is 2.36. The quantitative estimate of drug-likeness (QED) is 0.893. The van der Waals surface area contributed by atoms with E-state index in [1.54, 1.807) is 6.07 Å². The summed E-state index contributed by atoms with van der Waals surface area (Å²) in [5.41, 5.74) is 5.45. The van der Waals surface area contributed by atoms with Gasteiger partial charge in [-0.05, 0) is 41.1 Å². The average Bonchev–Trinajstić information content (AvgIpc) is 2.67. The van der Waals surface area contributed by atoms with Gasteiger partial charge in [0.15, 0.2) is 0 Å². The molecular formula is C12H14BrClN2O2. The first-order valence-electron chi connectivity index (χ1n) is 5.60. The molecule has 1 heterocycles. The molecule has 0 aliphatic carbocycles. The normalized spacial score (nSPS) is 27.2. The van der Waals surface area contributed by atoms with Gasteiger partial charge in [0.2, 0.25) is 5.91 Å². The summed E-state index contributed by atoms with van der Waals surface area (Å²) in [4.78, 5) is 11.7. The average molecular weight is 334 g/mol. The Labute approximate surface area is 119 Å². The Morgan fingerprint density at radius 1 is 1.67 bits per heavy atom. The van der Waals surface area contributed by atoms with Crippen LogP contribution >= 0.6 is 27.5 Å². The van der Waals surface area contributed by atoms with Crippen molar-refractivity contribution in [3.63, 3.8) is 0 Å². The van der Waals surface area contributed by atoms with E-state index in [-0.39, 0.29) is 6.10 Å². The van der Waals surface area contributed by atoms with Crippen molar-refractivity contribution in [2.24, 2.45) is 5.73 Å². The Balaban J connectivity index is 2.29. The van der Waals surface area contributed by atoms with E-state index in [4.69, 9.17) is 22.1 Å². The third-order valence-corrected chi connectivity index (χ3v) is 4.50. The highest BCUT2D eigenvalue weighted by Gasteiger charge is 2.46. The molecular weight excluding hydrogens is 320 g/mol. The number of carbonyl (C=O) groups excluding carboxylic acids is 1. The predicted octanol–water partition coefficient (Wildman–Crippen LogP) is 2.55. The number of amides is 1. The molecule has 2 atom stereocenters. The number of nitrogens with two attached hydrogens (primary N) is 1. The maximum absolute atomic E-state index is 11.7. The van der Waals surface area contributed by atoms with Crippen molar-refractivity contribution in [2.75, 3.05) is 11.9 Å². The smallest absolute Gasteiger partial charge is 0.245 e. The minimum absolute atomic E-state index is 0.260. The van der Waals surface area contributed by atoms with Gasteiger partial charge in [-0.3, -0.25) is 4.79 Å². The number of hydrogen-bond acceptors (Lipinski definition) is 3. The van der Waals surface area contributed by atoms with Crippen LogP contribution in [0, 0.1) is 0 Å². The molecule has 0 radical (unpaired) electrons. The summed E-state index contributed by atoms with van der Waals surface area (Å²) in [5, 5.41) is 3.80. The van der Waals surface area contributed by atoms with E-state index < -0.39 is 11.4 Å². The Morgan fingerprint density at radius 2 is 2.39 bits per heavy atom. The van der Waals surface area contributed by atoms with E-state index in [1.165, 1.54) is 0 Å². The molecule has 2 rings (SSSR count). The van der Waals surface area contributed by atoms with Crippen molar-refractivity contribution in [2.45, 2.75) is 25.0 Å². The van der Waals surface area contributed by atoms with Crippen LogP contribution in [0.15, 0.2) is 22.7 Å². The van der Waals surface area contributed by atoms with Crippen LogP contribution in [0.5, 0.6) is 0 Å². The second-order valence-electron chi connectivity index (χ2n) is 4.35. The Bertz CT molecular complexity index is 483. The molecule has 0 bridgehead atoms. The molecule has 6 heteroatoms. The number of carbonyl (C=O) groups is 1. The van der Waals surface area contributed by atoms with Gasteiger partial charge in [-0.2, -0.15) is 0 Å². The summed E-state index contributed by atoms with van der Waals surface area (Å²) >= 11 is 9.28. The number of primary amides is 1. The Hall–Kier alpha value is -0.780. The first-order valence-corrected chi connectivity index (χ1v) is 6.77. The van der Waals surface area contributed by atoms with Crippen LogP contribution in [0.3, 0.4) is 0 Å². The minimum atomic E-state index is -0.854. The number of ether oxygens (including phenoxy) is 1. The van der Waals surface area contributed by atoms with Crippen molar-refractivity contribution in [3.05, 3.63) is 27.7 Å². The fourth-order valence-electron chi connectivity index (χ4n) is 2.12. The topological polar surface area (TPSA) is 64.3 Å². The summed E-state index contributed by atoms with van der Waals surface area (Å²) in [5.74, 6) is -0.404. The highest BCUT2D eigenvalue weighted by Crippen LogP contribution is 2.32. The van der Waals surface area contributed by atoms with E-state index in [9.17, 15) is 4.79 Å². The Kier molecular flexibility index (Phi) is 3.84. The minimum Gasteiger partial charge on any atom is -0.375 e. The lowest BCUT2D eigenvalue weighted by molar-refractivity contribution is -0.123. The molecule has 3 N–H and O–H groups in total. The van der Waals surface area contributed by atoms with E-state index in [1.807, 2.05) is 19.1 Å². The molecule has 98 valence electrons. The maximum atomic E-state index is 11.7. The van der Waals surface area contributed by atoms with Gasteiger partial charge in [0.1, 0.15) is 5.54 Å². The standard InChI is InChI=1S/C12H14BrClN2O2/c1-7-12(11(15)17,4-5-18-7)16-8-2-3-10(14)9(13)6-8/h2-3,6-7,16H,4-5H2,1H3,(H2,15,17). The number of hydrogen-bond donors (Lipinski definition) is 2. The molecule has 2 unspecified atom stereocenters. The number of nitrogens with one attached hydrogen (secondary N) is 1. The zero-order chi connectivity index (χ0) is 13.3. The van der Waals surface area contributed by atoms with E-state index in [0.717, 1.165) is 10.2 Å². The van der Waals surface area contributed by atoms with Crippen LogP contribution in [-0.4, -0.2) is 24.2 Å². The van der Waals surface area contributed by atoms with Crippen LogP contribution in [-0.2, 0) is 9.53 Å². The fourth-order valence-corrected chi connectivity index (χ4v) is 2.62. The summed E-state index contributed by atoms with van der Waals surface area (Å²) < 4.78 is 6.22. The van der Waals surface area contributed by atoms with Gasteiger partial charge in [-0.15, -0.1) is 0 Å². The molecule has 1 saturated heterocycles.